The van der Waals surface area contributed by atoms with E-state index in [4.69, 9.17) is 0 Å². The Morgan fingerprint density at radius 2 is 2.04 bits per heavy atom. The number of nitrogens with one attached hydrogen (secondary N) is 2. The molecule has 0 aromatic carbocycles. The van der Waals surface area contributed by atoms with Crippen LogP contribution in [0, 0.1) is 5.92 Å². The van der Waals surface area contributed by atoms with E-state index in [0.717, 1.165) is 44.9 Å². The number of ether oxygens (including phenoxy) is 1. The predicted octanol–water partition coefficient (Wildman–Crippen LogP) is 1.37. The normalized spacial score (nSPS) is 17.5. The fourth-order valence-electron chi connectivity index (χ4n) is 2.53. The van der Waals surface area contributed by atoms with Crippen molar-refractivity contribution in [3.8, 4) is 0 Å². The second kappa shape index (κ2) is 12.3. The van der Waals surface area contributed by atoms with Crippen molar-refractivity contribution >= 4 is 41.8 Å². The van der Waals surface area contributed by atoms with Crippen LogP contribution in [0.1, 0.15) is 39.5 Å². The zero-order chi connectivity index (χ0) is 17.2. The molecule has 8 heteroatoms. The third-order valence-corrected chi connectivity index (χ3v) is 3.89. The van der Waals surface area contributed by atoms with Gasteiger partial charge in [-0.05, 0) is 19.3 Å². The number of carbonyl (C=O) groups is 2. The van der Waals surface area contributed by atoms with E-state index in [0.29, 0.717) is 6.42 Å². The van der Waals surface area contributed by atoms with Crippen molar-refractivity contribution in [1.82, 2.24) is 15.5 Å². The van der Waals surface area contributed by atoms with Crippen LogP contribution in [0.25, 0.3) is 0 Å². The molecule has 1 atom stereocenters. The quantitative estimate of drug-likeness (QED) is 0.200. The predicted molar refractivity (Wildman–Crippen MR) is 106 cm³/mol. The number of nitrogens with zero attached hydrogens (tertiary/aromatic N) is 2. The van der Waals surface area contributed by atoms with E-state index in [1.807, 2.05) is 18.7 Å². The van der Waals surface area contributed by atoms with Crippen molar-refractivity contribution < 1.29 is 14.3 Å². The van der Waals surface area contributed by atoms with E-state index in [2.05, 4.69) is 20.4 Å². The molecule has 1 rings (SSSR count). The van der Waals surface area contributed by atoms with Gasteiger partial charge in [0, 0.05) is 45.1 Å². The molecule has 1 unspecified atom stereocenters. The molecular formula is C16H31IN4O3. The molecule has 2 N–H and O–H groups in total. The van der Waals surface area contributed by atoms with Gasteiger partial charge in [-0.15, -0.1) is 24.0 Å². The highest BCUT2D eigenvalue weighted by Gasteiger charge is 2.27. The average Bonchev–Trinajstić information content (AvgIpc) is 3.00. The summed E-state index contributed by atoms with van der Waals surface area (Å²) in [4.78, 5) is 29.1. The monoisotopic (exact) mass is 454 g/mol. The van der Waals surface area contributed by atoms with E-state index in [9.17, 15) is 9.59 Å². The minimum Gasteiger partial charge on any atom is -0.469 e. The van der Waals surface area contributed by atoms with Gasteiger partial charge in [0.15, 0.2) is 5.96 Å². The summed E-state index contributed by atoms with van der Waals surface area (Å²) in [5.74, 6) is 0.821. The van der Waals surface area contributed by atoms with Gasteiger partial charge in [0.25, 0.3) is 0 Å². The van der Waals surface area contributed by atoms with Crippen LogP contribution >= 0.6 is 24.0 Å². The molecule has 0 bridgehead atoms. The number of esters is 1. The topological polar surface area (TPSA) is 83.0 Å². The summed E-state index contributed by atoms with van der Waals surface area (Å²) in [5, 5.41) is 6.59. The summed E-state index contributed by atoms with van der Waals surface area (Å²) in [6.45, 7) is 6.12. The number of likely N-dealkylation sites (tertiary alicyclic amines) is 1. The fraction of sp³-hybridized carbons (Fsp3) is 0.812. The highest BCUT2D eigenvalue weighted by atomic mass is 127. The van der Waals surface area contributed by atoms with Gasteiger partial charge in [0.2, 0.25) is 5.91 Å². The molecule has 0 aromatic heterocycles. The van der Waals surface area contributed by atoms with Crippen LogP contribution in [0.3, 0.4) is 0 Å². The number of hydrogen-bond donors (Lipinski definition) is 2. The van der Waals surface area contributed by atoms with E-state index in [1.165, 1.54) is 7.11 Å². The summed E-state index contributed by atoms with van der Waals surface area (Å²) >= 11 is 0. The minimum atomic E-state index is -0.173. The summed E-state index contributed by atoms with van der Waals surface area (Å²) in [7, 11) is 3.14. The first-order valence-corrected chi connectivity index (χ1v) is 8.30. The van der Waals surface area contributed by atoms with Gasteiger partial charge in [0.05, 0.1) is 7.11 Å². The van der Waals surface area contributed by atoms with Crippen LogP contribution < -0.4 is 10.6 Å². The standard InChI is InChI=1S/C16H30N4O3.HI/c1-12(2)15(22)20-10-8-13(11-20)19-16(17-3)18-9-6-5-7-14(21)23-4;/h12-13H,5-11H2,1-4H3,(H2,17,18,19);1H. The van der Waals surface area contributed by atoms with Gasteiger partial charge in [-0.25, -0.2) is 0 Å². The lowest BCUT2D eigenvalue weighted by molar-refractivity contribution is -0.140. The lowest BCUT2D eigenvalue weighted by Crippen LogP contribution is -2.45. The molecule has 7 nitrogen and oxygen atoms in total. The first-order chi connectivity index (χ1) is 11.0. The highest BCUT2D eigenvalue weighted by Crippen LogP contribution is 2.12. The molecule has 1 aliphatic heterocycles. The van der Waals surface area contributed by atoms with Crippen molar-refractivity contribution in [2.45, 2.75) is 45.6 Å². The molecule has 1 aliphatic rings. The zero-order valence-electron chi connectivity index (χ0n) is 15.1. The number of amides is 1. The highest BCUT2D eigenvalue weighted by molar-refractivity contribution is 14.0. The Balaban J connectivity index is 0.00000529. The molecule has 0 radical (unpaired) electrons. The Labute approximate surface area is 162 Å². The van der Waals surface area contributed by atoms with Crippen LogP contribution in [-0.4, -0.2) is 62.6 Å². The first-order valence-electron chi connectivity index (χ1n) is 8.30. The maximum absolute atomic E-state index is 12.0. The SMILES string of the molecule is CN=C(NCCCCC(=O)OC)NC1CCN(C(=O)C(C)C)C1.I. The Morgan fingerprint density at radius 1 is 1.33 bits per heavy atom. The first kappa shape index (κ1) is 22.9. The molecule has 1 fully saturated rings. The molecule has 1 heterocycles. The maximum atomic E-state index is 12.0. The van der Waals surface area contributed by atoms with Crippen molar-refractivity contribution in [3.05, 3.63) is 0 Å². The third-order valence-electron chi connectivity index (χ3n) is 3.89. The molecule has 0 spiro atoms. The molecule has 140 valence electrons. The lowest BCUT2D eigenvalue weighted by atomic mass is 10.2. The van der Waals surface area contributed by atoms with E-state index in [-0.39, 0.29) is 47.8 Å². The van der Waals surface area contributed by atoms with Gasteiger partial charge in [-0.1, -0.05) is 13.8 Å². The van der Waals surface area contributed by atoms with E-state index in [1.54, 1.807) is 7.05 Å². The largest absolute Gasteiger partial charge is 0.469 e. The maximum Gasteiger partial charge on any atom is 0.305 e. The molecule has 0 aliphatic carbocycles. The third kappa shape index (κ3) is 8.16. The Morgan fingerprint density at radius 3 is 2.62 bits per heavy atom. The molecule has 1 amide bonds. The number of carbonyl (C=O) groups excluding carboxylic acids is 2. The molecule has 1 saturated heterocycles. The number of guanidine groups is 1. The number of rotatable bonds is 7. The Kier molecular flexibility index (Phi) is 11.8. The Bertz CT molecular complexity index is 430. The van der Waals surface area contributed by atoms with Crippen LogP contribution in [0.4, 0.5) is 0 Å². The number of methoxy groups -OCH3 is 1. The molecular weight excluding hydrogens is 423 g/mol. The lowest BCUT2D eigenvalue weighted by Gasteiger charge is -2.20. The van der Waals surface area contributed by atoms with Crippen molar-refractivity contribution in [3.63, 3.8) is 0 Å². The number of hydrogen-bond acceptors (Lipinski definition) is 4. The van der Waals surface area contributed by atoms with Crippen molar-refractivity contribution in [2.75, 3.05) is 33.8 Å². The van der Waals surface area contributed by atoms with E-state index >= 15 is 0 Å². The summed E-state index contributed by atoms with van der Waals surface area (Å²) in [6, 6.07) is 0.235. The summed E-state index contributed by atoms with van der Waals surface area (Å²) in [5.41, 5.74) is 0. The summed E-state index contributed by atoms with van der Waals surface area (Å²) < 4.78 is 4.61. The van der Waals surface area contributed by atoms with Gasteiger partial charge in [-0.3, -0.25) is 14.6 Å². The van der Waals surface area contributed by atoms with E-state index < -0.39 is 0 Å². The van der Waals surface area contributed by atoms with Gasteiger partial charge >= 0.3 is 5.97 Å². The van der Waals surface area contributed by atoms with Crippen LogP contribution in [-0.2, 0) is 14.3 Å². The molecule has 24 heavy (non-hydrogen) atoms. The van der Waals surface area contributed by atoms with Crippen LogP contribution in [0.15, 0.2) is 4.99 Å². The van der Waals surface area contributed by atoms with Crippen LogP contribution in [0.2, 0.25) is 0 Å². The smallest absolute Gasteiger partial charge is 0.305 e. The van der Waals surface area contributed by atoms with Crippen molar-refractivity contribution in [1.29, 1.82) is 0 Å². The Hall–Kier alpha value is -1.06. The second-order valence-corrected chi connectivity index (χ2v) is 6.10. The minimum absolute atomic E-state index is 0. The van der Waals surface area contributed by atoms with Gasteiger partial charge in [-0.2, -0.15) is 0 Å². The second-order valence-electron chi connectivity index (χ2n) is 6.10. The molecule has 0 aromatic rings. The fourth-order valence-corrected chi connectivity index (χ4v) is 2.53. The van der Waals surface area contributed by atoms with Gasteiger partial charge < -0.3 is 20.3 Å². The van der Waals surface area contributed by atoms with Gasteiger partial charge in [0.1, 0.15) is 0 Å². The number of aliphatic imine (C=N–C) groups is 1. The summed E-state index contributed by atoms with van der Waals surface area (Å²) in [6.07, 6.45) is 3.04. The zero-order valence-corrected chi connectivity index (χ0v) is 17.5. The number of unbranched alkanes of at least 4 members (excludes halogenated alkanes) is 1. The molecule has 0 saturated carbocycles. The van der Waals surface area contributed by atoms with Crippen LogP contribution in [0.5, 0.6) is 0 Å². The average molecular weight is 454 g/mol. The number of halogens is 1. The van der Waals surface area contributed by atoms with Crippen molar-refractivity contribution in [2.24, 2.45) is 10.9 Å².